The first-order chi connectivity index (χ1) is 10.8. The number of anilines is 1. The van der Waals surface area contributed by atoms with Crippen molar-refractivity contribution >= 4 is 24.1 Å². The molecule has 0 atom stereocenters. The van der Waals surface area contributed by atoms with Crippen LogP contribution in [0.4, 0.5) is 24.7 Å². The summed E-state index contributed by atoms with van der Waals surface area (Å²) in [5, 5.41) is 2.79. The third kappa shape index (κ3) is 3.31. The van der Waals surface area contributed by atoms with Gasteiger partial charge in [0.25, 0.3) is 0 Å². The largest absolute Gasteiger partial charge is 0.417 e. The highest BCUT2D eigenvalue weighted by atomic mass is 19.4. The van der Waals surface area contributed by atoms with Crippen LogP contribution >= 0.6 is 0 Å². The number of carbonyl (C=O) groups is 1. The highest BCUT2D eigenvalue weighted by molar-refractivity contribution is 5.95. The summed E-state index contributed by atoms with van der Waals surface area (Å²) in [7, 11) is 1.61. The van der Waals surface area contributed by atoms with Crippen molar-refractivity contribution in [3.63, 3.8) is 0 Å². The molecule has 1 heterocycles. The Bertz CT molecular complexity index is 772. The highest BCUT2D eigenvalue weighted by Gasteiger charge is 2.35. The first-order valence-corrected chi connectivity index (χ1v) is 6.45. The van der Waals surface area contributed by atoms with E-state index in [-0.39, 0.29) is 5.56 Å². The Balaban J connectivity index is 2.61. The number of benzene rings is 1. The summed E-state index contributed by atoms with van der Waals surface area (Å²) in [6.45, 7) is 3.39. The minimum atomic E-state index is -4.70. The second kappa shape index (κ2) is 6.07. The normalized spacial score (nSPS) is 11.1. The van der Waals surface area contributed by atoms with Gasteiger partial charge < -0.3 is 11.1 Å². The second-order valence-corrected chi connectivity index (χ2v) is 4.59. The molecule has 0 unspecified atom stereocenters. The van der Waals surface area contributed by atoms with Gasteiger partial charge in [0.15, 0.2) is 5.82 Å². The molecule has 0 aliphatic heterocycles. The lowest BCUT2D eigenvalue weighted by atomic mass is 10.0. The standard InChI is InChI=1S/C15H13F3N4O/c1-20-12-6-5-11(22-14(12)21-2)8-3-4-9(13(19)23)10(7-8)15(16,17)18/h3-7H,1H2,2H3,(H2,19,23)(H,21,22). The molecule has 1 aromatic heterocycles. The fourth-order valence-corrected chi connectivity index (χ4v) is 2.08. The van der Waals surface area contributed by atoms with E-state index < -0.39 is 23.2 Å². The van der Waals surface area contributed by atoms with E-state index in [1.54, 1.807) is 13.1 Å². The summed E-state index contributed by atoms with van der Waals surface area (Å²) in [4.78, 5) is 19.1. The molecular formula is C15H13F3N4O. The van der Waals surface area contributed by atoms with E-state index in [1.807, 2.05) is 0 Å². The number of rotatable bonds is 4. The zero-order chi connectivity index (χ0) is 17.2. The Labute approximate surface area is 130 Å². The third-order valence-electron chi connectivity index (χ3n) is 3.17. The lowest BCUT2D eigenvalue weighted by molar-refractivity contribution is -0.137. The molecule has 0 aliphatic carbocycles. The fourth-order valence-electron chi connectivity index (χ4n) is 2.08. The van der Waals surface area contributed by atoms with Crippen LogP contribution in [0.25, 0.3) is 11.3 Å². The topological polar surface area (TPSA) is 80.4 Å². The van der Waals surface area contributed by atoms with Gasteiger partial charge in [-0.05, 0) is 31.0 Å². The quantitative estimate of drug-likeness (QED) is 0.848. The summed E-state index contributed by atoms with van der Waals surface area (Å²) in [5.41, 5.74) is 4.29. The van der Waals surface area contributed by atoms with Gasteiger partial charge in [0.05, 0.1) is 16.8 Å². The van der Waals surface area contributed by atoms with Crippen LogP contribution in [0.2, 0.25) is 0 Å². The van der Waals surface area contributed by atoms with Gasteiger partial charge >= 0.3 is 6.18 Å². The fraction of sp³-hybridized carbons (Fsp3) is 0.133. The van der Waals surface area contributed by atoms with Crippen molar-refractivity contribution < 1.29 is 18.0 Å². The molecule has 0 saturated carbocycles. The summed E-state index contributed by atoms with van der Waals surface area (Å²) < 4.78 is 39.3. The number of aromatic nitrogens is 1. The van der Waals surface area contributed by atoms with Crippen molar-refractivity contribution in [3.8, 4) is 11.3 Å². The van der Waals surface area contributed by atoms with Crippen molar-refractivity contribution in [2.45, 2.75) is 6.18 Å². The molecule has 23 heavy (non-hydrogen) atoms. The smallest absolute Gasteiger partial charge is 0.371 e. The number of nitrogens with one attached hydrogen (secondary N) is 1. The Hall–Kier alpha value is -2.90. The van der Waals surface area contributed by atoms with Crippen LogP contribution in [-0.2, 0) is 6.18 Å². The molecule has 0 spiro atoms. The van der Waals surface area contributed by atoms with Crippen LogP contribution in [0.1, 0.15) is 15.9 Å². The van der Waals surface area contributed by atoms with Crippen molar-refractivity contribution in [2.75, 3.05) is 12.4 Å². The molecule has 0 radical (unpaired) electrons. The summed E-state index contributed by atoms with van der Waals surface area (Å²) >= 11 is 0. The summed E-state index contributed by atoms with van der Waals surface area (Å²) in [6, 6.07) is 6.35. The number of nitrogens with two attached hydrogens (primary N) is 1. The molecular weight excluding hydrogens is 309 g/mol. The van der Waals surface area contributed by atoms with Crippen LogP contribution in [0.5, 0.6) is 0 Å². The molecule has 0 fully saturated rings. The monoisotopic (exact) mass is 322 g/mol. The summed E-state index contributed by atoms with van der Waals surface area (Å²) in [6.07, 6.45) is -4.70. The van der Waals surface area contributed by atoms with Gasteiger partial charge in [-0.1, -0.05) is 6.07 Å². The SMILES string of the molecule is C=Nc1ccc(-c2ccc(C(N)=O)c(C(F)(F)F)c2)nc1NC. The maximum absolute atomic E-state index is 13.1. The predicted molar refractivity (Wildman–Crippen MR) is 81.9 cm³/mol. The number of primary amides is 1. The van der Waals surface area contributed by atoms with Gasteiger partial charge in [0.1, 0.15) is 5.69 Å². The molecule has 2 rings (SSSR count). The van der Waals surface area contributed by atoms with Crippen LogP contribution in [0.15, 0.2) is 35.3 Å². The van der Waals surface area contributed by atoms with E-state index in [1.165, 1.54) is 12.1 Å². The van der Waals surface area contributed by atoms with Crippen LogP contribution in [0, 0.1) is 0 Å². The number of aliphatic imine (C=N–C) groups is 1. The molecule has 3 N–H and O–H groups in total. The maximum atomic E-state index is 13.1. The molecule has 0 saturated heterocycles. The first kappa shape index (κ1) is 16.5. The van der Waals surface area contributed by atoms with Gasteiger partial charge in [-0.3, -0.25) is 9.79 Å². The van der Waals surface area contributed by atoms with E-state index in [0.717, 1.165) is 12.1 Å². The average molecular weight is 322 g/mol. The van der Waals surface area contributed by atoms with Gasteiger partial charge in [0.2, 0.25) is 5.91 Å². The van der Waals surface area contributed by atoms with E-state index >= 15 is 0 Å². The number of carbonyl (C=O) groups excluding carboxylic acids is 1. The zero-order valence-electron chi connectivity index (χ0n) is 12.1. The maximum Gasteiger partial charge on any atom is 0.417 e. The second-order valence-electron chi connectivity index (χ2n) is 4.59. The minimum absolute atomic E-state index is 0.203. The van der Waals surface area contributed by atoms with Crippen LogP contribution in [-0.4, -0.2) is 24.7 Å². The molecule has 0 bridgehead atoms. The van der Waals surface area contributed by atoms with Crippen molar-refractivity contribution in [1.29, 1.82) is 0 Å². The first-order valence-electron chi connectivity index (χ1n) is 6.45. The van der Waals surface area contributed by atoms with Crippen molar-refractivity contribution in [3.05, 3.63) is 41.5 Å². The van der Waals surface area contributed by atoms with Gasteiger partial charge in [-0.15, -0.1) is 0 Å². The van der Waals surface area contributed by atoms with E-state index in [9.17, 15) is 18.0 Å². The molecule has 0 aliphatic rings. The summed E-state index contributed by atoms with van der Waals surface area (Å²) in [5.74, 6) is -0.760. The highest BCUT2D eigenvalue weighted by Crippen LogP contribution is 2.35. The Kier molecular flexibility index (Phi) is 4.35. The molecule has 2 aromatic rings. The van der Waals surface area contributed by atoms with Crippen molar-refractivity contribution in [2.24, 2.45) is 10.7 Å². The van der Waals surface area contributed by atoms with Crippen LogP contribution < -0.4 is 11.1 Å². The van der Waals surface area contributed by atoms with Gasteiger partial charge in [-0.2, -0.15) is 13.2 Å². The number of pyridine rings is 1. The number of nitrogens with zero attached hydrogens (tertiary/aromatic N) is 2. The van der Waals surface area contributed by atoms with E-state index in [0.29, 0.717) is 17.2 Å². The molecule has 1 aromatic carbocycles. The predicted octanol–water partition coefficient (Wildman–Crippen LogP) is 3.24. The Morgan fingerprint density at radius 3 is 2.52 bits per heavy atom. The zero-order valence-corrected chi connectivity index (χ0v) is 12.1. The number of alkyl halides is 3. The van der Waals surface area contributed by atoms with Gasteiger partial charge in [0, 0.05) is 12.6 Å². The minimum Gasteiger partial charge on any atom is -0.371 e. The Morgan fingerprint density at radius 1 is 1.30 bits per heavy atom. The average Bonchev–Trinajstić information content (AvgIpc) is 2.52. The lowest BCUT2D eigenvalue weighted by Crippen LogP contribution is -2.18. The number of hydrogen-bond donors (Lipinski definition) is 2. The number of amides is 1. The van der Waals surface area contributed by atoms with E-state index in [2.05, 4.69) is 22.0 Å². The molecule has 1 amide bonds. The lowest BCUT2D eigenvalue weighted by Gasteiger charge is -2.13. The molecule has 120 valence electrons. The van der Waals surface area contributed by atoms with Gasteiger partial charge in [-0.25, -0.2) is 4.98 Å². The van der Waals surface area contributed by atoms with E-state index in [4.69, 9.17) is 5.73 Å². The number of halogens is 3. The molecule has 8 heteroatoms. The van der Waals surface area contributed by atoms with Crippen LogP contribution in [0.3, 0.4) is 0 Å². The third-order valence-corrected chi connectivity index (χ3v) is 3.17. The van der Waals surface area contributed by atoms with Crippen molar-refractivity contribution in [1.82, 2.24) is 4.98 Å². The Morgan fingerprint density at radius 2 is 2.00 bits per heavy atom. The molecule has 5 nitrogen and oxygen atoms in total. The number of hydrogen-bond acceptors (Lipinski definition) is 4.